The fourth-order valence-electron chi connectivity index (χ4n) is 3.65. The predicted molar refractivity (Wildman–Crippen MR) is 109 cm³/mol. The van der Waals surface area contributed by atoms with Crippen LogP contribution in [0.4, 0.5) is 0 Å². The molecule has 2 heterocycles. The smallest absolute Gasteiger partial charge is 0.287 e. The van der Waals surface area contributed by atoms with Crippen molar-refractivity contribution in [2.75, 3.05) is 13.6 Å². The second kappa shape index (κ2) is 9.04. The number of carbonyl (C=O) groups is 2. The van der Waals surface area contributed by atoms with Gasteiger partial charge < -0.3 is 14.8 Å². The molecule has 1 atom stereocenters. The zero-order valence-electron chi connectivity index (χ0n) is 17.1. The Bertz CT molecular complexity index is 829. The van der Waals surface area contributed by atoms with Crippen LogP contribution in [0.5, 0.6) is 0 Å². The van der Waals surface area contributed by atoms with Crippen LogP contribution in [0, 0.1) is 0 Å². The Hall–Kier alpha value is -2.63. The van der Waals surface area contributed by atoms with Crippen molar-refractivity contribution in [1.82, 2.24) is 19.8 Å². The summed E-state index contributed by atoms with van der Waals surface area (Å²) in [5, 5.41) is 3.03. The van der Waals surface area contributed by atoms with Crippen LogP contribution >= 0.6 is 0 Å². The fraction of sp³-hybridized carbons (Fsp3) is 0.500. The minimum Gasteiger partial charge on any atom is -0.343 e. The molecule has 3 rings (SSSR count). The summed E-state index contributed by atoms with van der Waals surface area (Å²) in [4.78, 5) is 32.1. The first-order valence-corrected chi connectivity index (χ1v) is 10.2. The van der Waals surface area contributed by atoms with Crippen LogP contribution in [0.3, 0.4) is 0 Å². The van der Waals surface area contributed by atoms with Crippen molar-refractivity contribution < 1.29 is 9.59 Å². The minimum absolute atomic E-state index is 0.0887. The van der Waals surface area contributed by atoms with Crippen molar-refractivity contribution in [3.63, 3.8) is 0 Å². The molecule has 0 saturated heterocycles. The fourth-order valence-corrected chi connectivity index (χ4v) is 3.65. The lowest BCUT2D eigenvalue weighted by atomic mass is 10.1. The molecule has 2 aromatic rings. The van der Waals surface area contributed by atoms with Gasteiger partial charge in [0.15, 0.2) is 5.82 Å². The molecule has 150 valence electrons. The Balaban J connectivity index is 1.84. The first kappa shape index (κ1) is 20.1. The molecule has 0 saturated carbocycles. The van der Waals surface area contributed by atoms with Gasteiger partial charge in [-0.15, -0.1) is 0 Å². The average molecular weight is 383 g/mol. The SMILES string of the molecule is CCCCN(C)C(=O)c1nc(C(=O)NC(C)c2ccccc2)n2c1CCCC2. The van der Waals surface area contributed by atoms with Gasteiger partial charge in [0.25, 0.3) is 11.8 Å². The molecule has 1 aromatic carbocycles. The topological polar surface area (TPSA) is 67.2 Å². The Kier molecular flexibility index (Phi) is 6.49. The van der Waals surface area contributed by atoms with Crippen LogP contribution in [-0.2, 0) is 13.0 Å². The lowest BCUT2D eigenvalue weighted by Gasteiger charge is -2.20. The molecule has 1 N–H and O–H groups in total. The average Bonchev–Trinajstić information content (AvgIpc) is 3.11. The van der Waals surface area contributed by atoms with Crippen molar-refractivity contribution >= 4 is 11.8 Å². The molecule has 1 aliphatic rings. The van der Waals surface area contributed by atoms with E-state index in [0.717, 1.165) is 49.9 Å². The molecular weight excluding hydrogens is 352 g/mol. The van der Waals surface area contributed by atoms with E-state index in [-0.39, 0.29) is 17.9 Å². The molecule has 0 bridgehead atoms. The molecule has 2 amide bonds. The highest BCUT2D eigenvalue weighted by Crippen LogP contribution is 2.23. The van der Waals surface area contributed by atoms with Gasteiger partial charge >= 0.3 is 0 Å². The van der Waals surface area contributed by atoms with Gasteiger partial charge in [0.1, 0.15) is 5.69 Å². The van der Waals surface area contributed by atoms with E-state index in [2.05, 4.69) is 17.2 Å². The van der Waals surface area contributed by atoms with Gasteiger partial charge in [-0.1, -0.05) is 43.7 Å². The van der Waals surface area contributed by atoms with Crippen molar-refractivity contribution in [2.45, 2.75) is 58.5 Å². The number of aromatic nitrogens is 2. The van der Waals surface area contributed by atoms with E-state index in [1.54, 1.807) is 4.90 Å². The van der Waals surface area contributed by atoms with Crippen molar-refractivity contribution in [1.29, 1.82) is 0 Å². The van der Waals surface area contributed by atoms with E-state index in [1.807, 2.05) is 48.9 Å². The van der Waals surface area contributed by atoms with E-state index in [0.29, 0.717) is 18.1 Å². The number of nitrogens with one attached hydrogen (secondary N) is 1. The molecule has 0 fully saturated rings. The summed E-state index contributed by atoms with van der Waals surface area (Å²) >= 11 is 0. The predicted octanol–water partition coefficient (Wildman–Crippen LogP) is 3.58. The summed E-state index contributed by atoms with van der Waals surface area (Å²) in [5.41, 5.74) is 2.38. The molecule has 0 spiro atoms. The molecule has 0 radical (unpaired) electrons. The number of fused-ring (bicyclic) bond motifs is 1. The third-order valence-electron chi connectivity index (χ3n) is 5.36. The van der Waals surface area contributed by atoms with Crippen LogP contribution < -0.4 is 5.32 Å². The Morgan fingerprint density at radius 3 is 2.71 bits per heavy atom. The van der Waals surface area contributed by atoms with Crippen molar-refractivity contribution in [3.8, 4) is 0 Å². The maximum atomic E-state index is 13.0. The molecule has 6 heteroatoms. The second-order valence-electron chi connectivity index (χ2n) is 7.53. The molecule has 6 nitrogen and oxygen atoms in total. The Morgan fingerprint density at radius 1 is 1.25 bits per heavy atom. The normalized spacial score (nSPS) is 14.2. The standard InChI is InChI=1S/C22H30N4O2/c1-4-5-14-25(3)22(28)19-18-13-9-10-15-26(18)20(24-19)21(27)23-16(2)17-11-7-6-8-12-17/h6-8,11-12,16H,4-5,9-10,13-15H2,1-3H3,(H,23,27). The second-order valence-corrected chi connectivity index (χ2v) is 7.53. The molecule has 0 aliphatic carbocycles. The van der Waals surface area contributed by atoms with Gasteiger partial charge in [-0.25, -0.2) is 4.98 Å². The summed E-state index contributed by atoms with van der Waals surface area (Å²) in [7, 11) is 1.81. The van der Waals surface area contributed by atoms with E-state index in [1.165, 1.54) is 0 Å². The van der Waals surface area contributed by atoms with Crippen LogP contribution in [-0.4, -0.2) is 39.9 Å². The zero-order valence-corrected chi connectivity index (χ0v) is 17.1. The van der Waals surface area contributed by atoms with Gasteiger partial charge in [-0.05, 0) is 38.2 Å². The number of nitrogens with zero attached hydrogens (tertiary/aromatic N) is 3. The van der Waals surface area contributed by atoms with E-state index in [4.69, 9.17) is 0 Å². The van der Waals surface area contributed by atoms with Crippen LogP contribution in [0.25, 0.3) is 0 Å². The first-order valence-electron chi connectivity index (χ1n) is 10.2. The number of imidazole rings is 1. The highest BCUT2D eigenvalue weighted by atomic mass is 16.2. The molecule has 28 heavy (non-hydrogen) atoms. The molecule has 1 aliphatic heterocycles. The third-order valence-corrected chi connectivity index (χ3v) is 5.36. The Morgan fingerprint density at radius 2 is 2.00 bits per heavy atom. The third kappa shape index (κ3) is 4.26. The summed E-state index contributed by atoms with van der Waals surface area (Å²) in [6.45, 7) is 5.50. The number of unbranched alkanes of at least 4 members (excludes halogenated alkanes) is 1. The van der Waals surface area contributed by atoms with Crippen LogP contribution in [0.15, 0.2) is 30.3 Å². The number of rotatable bonds is 7. The zero-order chi connectivity index (χ0) is 20.1. The summed E-state index contributed by atoms with van der Waals surface area (Å²) in [6.07, 6.45) is 4.80. The molecule has 1 aromatic heterocycles. The van der Waals surface area contributed by atoms with Crippen molar-refractivity contribution in [2.24, 2.45) is 0 Å². The summed E-state index contributed by atoms with van der Waals surface area (Å²) < 4.78 is 1.94. The van der Waals surface area contributed by atoms with Gasteiger partial charge in [0.2, 0.25) is 0 Å². The van der Waals surface area contributed by atoms with E-state index >= 15 is 0 Å². The Labute approximate surface area is 166 Å². The first-order chi connectivity index (χ1) is 13.5. The minimum atomic E-state index is -0.227. The summed E-state index contributed by atoms with van der Waals surface area (Å²) in [6, 6.07) is 9.72. The highest BCUT2D eigenvalue weighted by Gasteiger charge is 2.29. The highest BCUT2D eigenvalue weighted by molar-refractivity contribution is 5.97. The largest absolute Gasteiger partial charge is 0.343 e. The maximum absolute atomic E-state index is 13.0. The van der Waals surface area contributed by atoms with E-state index < -0.39 is 0 Å². The monoisotopic (exact) mass is 382 g/mol. The maximum Gasteiger partial charge on any atom is 0.287 e. The van der Waals surface area contributed by atoms with Gasteiger partial charge in [0.05, 0.1) is 11.7 Å². The number of amides is 2. The van der Waals surface area contributed by atoms with Gasteiger partial charge in [0, 0.05) is 20.1 Å². The molecular formula is C22H30N4O2. The van der Waals surface area contributed by atoms with Gasteiger partial charge in [-0.2, -0.15) is 0 Å². The lowest BCUT2D eigenvalue weighted by molar-refractivity contribution is 0.0786. The van der Waals surface area contributed by atoms with Crippen LogP contribution in [0.1, 0.15) is 77.9 Å². The number of hydrogen-bond acceptors (Lipinski definition) is 3. The van der Waals surface area contributed by atoms with Crippen LogP contribution in [0.2, 0.25) is 0 Å². The van der Waals surface area contributed by atoms with Gasteiger partial charge in [-0.3, -0.25) is 9.59 Å². The summed E-state index contributed by atoms with van der Waals surface area (Å²) in [5.74, 6) is 0.0359. The lowest BCUT2D eigenvalue weighted by Crippen LogP contribution is -2.30. The van der Waals surface area contributed by atoms with Crippen molar-refractivity contribution in [3.05, 3.63) is 53.1 Å². The number of benzene rings is 1. The number of carbonyl (C=O) groups excluding carboxylic acids is 2. The molecule has 1 unspecified atom stereocenters. The quantitative estimate of drug-likeness (QED) is 0.796. The number of hydrogen-bond donors (Lipinski definition) is 1. The van der Waals surface area contributed by atoms with E-state index in [9.17, 15) is 9.59 Å².